The van der Waals surface area contributed by atoms with Gasteiger partial charge in [0.1, 0.15) is 12.1 Å². The first-order valence-electron chi connectivity index (χ1n) is 9.88. The van der Waals surface area contributed by atoms with Crippen LogP contribution in [0.1, 0.15) is 23.2 Å². The Balaban J connectivity index is 1.59. The molecule has 0 radical (unpaired) electrons. The molecule has 0 unspecified atom stereocenters. The van der Waals surface area contributed by atoms with E-state index in [0.717, 1.165) is 47.4 Å². The number of hydrogen-bond acceptors (Lipinski definition) is 5. The third-order valence-electron chi connectivity index (χ3n) is 5.33. The van der Waals surface area contributed by atoms with E-state index >= 15 is 0 Å². The lowest BCUT2D eigenvalue weighted by atomic mass is 10.1. The second-order valence-corrected chi connectivity index (χ2v) is 7.75. The molecule has 0 saturated heterocycles. The maximum Gasteiger partial charge on any atom is 0.150 e. The molecule has 2 heterocycles. The van der Waals surface area contributed by atoms with Crippen molar-refractivity contribution in [3.05, 3.63) is 66.4 Å². The van der Waals surface area contributed by atoms with Crippen LogP contribution >= 0.6 is 0 Å². The zero-order chi connectivity index (χ0) is 20.7. The van der Waals surface area contributed by atoms with Crippen LogP contribution in [0.5, 0.6) is 0 Å². The van der Waals surface area contributed by atoms with Crippen LogP contribution in [0.3, 0.4) is 0 Å². The minimum Gasteiger partial charge on any atom is -0.341 e. The van der Waals surface area contributed by atoms with E-state index in [1.54, 1.807) is 23.1 Å². The van der Waals surface area contributed by atoms with Crippen molar-refractivity contribution in [2.45, 2.75) is 12.8 Å². The predicted molar refractivity (Wildman–Crippen MR) is 113 cm³/mol. The summed E-state index contributed by atoms with van der Waals surface area (Å²) in [6.45, 7) is 0.767. The molecule has 0 bridgehead atoms. The highest BCUT2D eigenvalue weighted by atomic mass is 19.1. The maximum atomic E-state index is 14.1. The summed E-state index contributed by atoms with van der Waals surface area (Å²) in [5, 5.41) is 4.20. The zero-order valence-corrected chi connectivity index (χ0v) is 16.5. The average molecular weight is 401 g/mol. The van der Waals surface area contributed by atoms with Crippen LogP contribution in [-0.4, -0.2) is 32.6 Å². The summed E-state index contributed by atoms with van der Waals surface area (Å²) in [6.07, 6.45) is 8.38. The van der Waals surface area contributed by atoms with Crippen molar-refractivity contribution in [2.24, 2.45) is 13.0 Å². The van der Waals surface area contributed by atoms with Gasteiger partial charge in [0.05, 0.1) is 29.1 Å². The van der Waals surface area contributed by atoms with Gasteiger partial charge in [0.2, 0.25) is 0 Å². The number of benzene rings is 2. The zero-order valence-electron chi connectivity index (χ0n) is 16.5. The van der Waals surface area contributed by atoms with E-state index in [4.69, 9.17) is 4.98 Å². The van der Waals surface area contributed by atoms with Crippen molar-refractivity contribution < 1.29 is 9.18 Å². The van der Waals surface area contributed by atoms with Gasteiger partial charge in [0.15, 0.2) is 0 Å². The third kappa shape index (κ3) is 3.66. The van der Waals surface area contributed by atoms with Gasteiger partial charge in [-0.1, -0.05) is 0 Å². The van der Waals surface area contributed by atoms with Gasteiger partial charge in [-0.05, 0) is 55.2 Å². The van der Waals surface area contributed by atoms with Gasteiger partial charge in [-0.25, -0.2) is 9.37 Å². The number of carbonyl (C=O) groups excluding carboxylic acids is 1. The van der Waals surface area contributed by atoms with Crippen molar-refractivity contribution in [2.75, 3.05) is 11.4 Å². The van der Waals surface area contributed by atoms with Crippen molar-refractivity contribution in [3.63, 3.8) is 0 Å². The lowest BCUT2D eigenvalue weighted by Gasteiger charge is -2.25. The molecule has 0 amide bonds. The van der Waals surface area contributed by atoms with Crippen LogP contribution in [0, 0.1) is 11.7 Å². The summed E-state index contributed by atoms with van der Waals surface area (Å²) >= 11 is 0. The highest BCUT2D eigenvalue weighted by Gasteiger charge is 2.26. The maximum absolute atomic E-state index is 14.1. The number of hydrogen-bond donors (Lipinski definition) is 0. The highest BCUT2D eigenvalue weighted by molar-refractivity contribution is 5.83. The summed E-state index contributed by atoms with van der Waals surface area (Å²) < 4.78 is 15.8. The topological polar surface area (TPSA) is 63.9 Å². The monoisotopic (exact) mass is 401 g/mol. The quantitative estimate of drug-likeness (QED) is 0.444. The molecule has 1 fully saturated rings. The number of aryl methyl sites for hydroxylation is 1. The van der Waals surface area contributed by atoms with Gasteiger partial charge < -0.3 is 4.90 Å². The second kappa shape index (κ2) is 7.33. The number of carbonyl (C=O) groups is 1. The second-order valence-electron chi connectivity index (χ2n) is 7.75. The molecule has 0 spiro atoms. The molecular formula is C23H20FN5O. The molecule has 1 aliphatic carbocycles. The largest absolute Gasteiger partial charge is 0.341 e. The summed E-state index contributed by atoms with van der Waals surface area (Å²) in [4.78, 5) is 22.6. The van der Waals surface area contributed by atoms with E-state index < -0.39 is 5.82 Å². The Bertz CT molecular complexity index is 1250. The van der Waals surface area contributed by atoms with E-state index in [0.29, 0.717) is 23.5 Å². The molecule has 4 aromatic rings. The van der Waals surface area contributed by atoms with Gasteiger partial charge in [-0.15, -0.1) is 0 Å². The molecular weight excluding hydrogens is 381 g/mol. The van der Waals surface area contributed by atoms with Crippen molar-refractivity contribution in [3.8, 4) is 11.3 Å². The Morgan fingerprint density at radius 3 is 2.73 bits per heavy atom. The first-order chi connectivity index (χ1) is 14.6. The summed E-state index contributed by atoms with van der Waals surface area (Å²) in [5.41, 5.74) is 5.06. The molecule has 5 rings (SSSR count). The van der Waals surface area contributed by atoms with Gasteiger partial charge in [-0.2, -0.15) is 5.10 Å². The van der Waals surface area contributed by atoms with E-state index in [1.165, 1.54) is 12.1 Å². The Morgan fingerprint density at radius 1 is 1.13 bits per heavy atom. The lowest BCUT2D eigenvalue weighted by molar-refractivity contribution is 0.112. The number of aromatic nitrogens is 4. The van der Waals surface area contributed by atoms with Crippen LogP contribution in [-0.2, 0) is 7.05 Å². The van der Waals surface area contributed by atoms with Crippen molar-refractivity contribution in [1.29, 1.82) is 0 Å². The van der Waals surface area contributed by atoms with Gasteiger partial charge in [-0.3, -0.25) is 14.5 Å². The molecule has 30 heavy (non-hydrogen) atoms. The average Bonchev–Trinajstić information content (AvgIpc) is 3.48. The highest BCUT2D eigenvalue weighted by Crippen LogP contribution is 2.36. The minimum absolute atomic E-state index is 0.324. The molecule has 0 N–H and O–H groups in total. The van der Waals surface area contributed by atoms with Crippen LogP contribution in [0.2, 0.25) is 0 Å². The molecule has 0 atom stereocenters. The smallest absolute Gasteiger partial charge is 0.150 e. The number of rotatable bonds is 6. The van der Waals surface area contributed by atoms with Crippen LogP contribution in [0.4, 0.5) is 15.8 Å². The standard InChI is InChI=1S/C23H20FN5O/c1-28-13-17(10-26-28)23-11-25-21-5-4-19(9-22(21)27-23)29(12-15-2-3-15)20-7-16(14-30)6-18(24)8-20/h4-11,13-15H,2-3,12H2,1H3. The van der Waals surface area contributed by atoms with Crippen LogP contribution in [0.15, 0.2) is 55.0 Å². The predicted octanol–water partition coefficient (Wildman–Crippen LogP) is 4.53. The molecule has 2 aromatic heterocycles. The van der Waals surface area contributed by atoms with Crippen molar-refractivity contribution >= 4 is 28.7 Å². The van der Waals surface area contributed by atoms with E-state index in [1.807, 2.05) is 31.4 Å². The Labute approximate surface area is 173 Å². The molecule has 150 valence electrons. The van der Waals surface area contributed by atoms with Crippen LogP contribution < -0.4 is 4.90 Å². The fraction of sp³-hybridized carbons (Fsp3) is 0.217. The van der Waals surface area contributed by atoms with Crippen LogP contribution in [0.25, 0.3) is 22.3 Å². The van der Waals surface area contributed by atoms with Gasteiger partial charge in [0.25, 0.3) is 0 Å². The fourth-order valence-corrected chi connectivity index (χ4v) is 3.60. The van der Waals surface area contributed by atoms with E-state index in [-0.39, 0.29) is 0 Å². The first kappa shape index (κ1) is 18.4. The Morgan fingerprint density at radius 2 is 2.00 bits per heavy atom. The number of fused-ring (bicyclic) bond motifs is 1. The third-order valence-corrected chi connectivity index (χ3v) is 5.33. The normalized spacial score (nSPS) is 13.5. The molecule has 6 nitrogen and oxygen atoms in total. The van der Waals surface area contributed by atoms with Gasteiger partial charge >= 0.3 is 0 Å². The molecule has 2 aromatic carbocycles. The minimum atomic E-state index is -0.421. The molecule has 1 aliphatic rings. The Kier molecular flexibility index (Phi) is 4.50. The summed E-state index contributed by atoms with van der Waals surface area (Å²) in [5.74, 6) is 0.145. The fourth-order valence-electron chi connectivity index (χ4n) is 3.60. The number of nitrogens with zero attached hydrogens (tertiary/aromatic N) is 5. The summed E-state index contributed by atoms with van der Waals surface area (Å²) in [6, 6.07) is 10.3. The number of aldehydes is 1. The molecule has 7 heteroatoms. The van der Waals surface area contributed by atoms with Gasteiger partial charge in [0, 0.05) is 42.3 Å². The first-order valence-corrected chi connectivity index (χ1v) is 9.88. The van der Waals surface area contributed by atoms with E-state index in [2.05, 4.69) is 15.0 Å². The van der Waals surface area contributed by atoms with Crippen molar-refractivity contribution in [1.82, 2.24) is 19.7 Å². The number of anilines is 2. The summed E-state index contributed by atoms with van der Waals surface area (Å²) in [7, 11) is 1.86. The van der Waals surface area contributed by atoms with E-state index in [9.17, 15) is 9.18 Å². The SMILES string of the molecule is Cn1cc(-c2cnc3ccc(N(CC4CC4)c4cc(F)cc(C=O)c4)cc3n2)cn1. The lowest BCUT2D eigenvalue weighted by Crippen LogP contribution is -2.20. The number of halogens is 1. The Hall–Kier alpha value is -3.61. The molecule has 0 aliphatic heterocycles. The molecule has 1 saturated carbocycles.